The van der Waals surface area contributed by atoms with Crippen molar-refractivity contribution in [1.82, 2.24) is 9.80 Å². The third-order valence-corrected chi connectivity index (χ3v) is 2.16. The van der Waals surface area contributed by atoms with Crippen LogP contribution in [-0.4, -0.2) is 66.7 Å². The number of nitrogens with zero attached hydrogens (tertiary/aromatic N) is 2. The van der Waals surface area contributed by atoms with Crippen LogP contribution in [0.15, 0.2) is 0 Å². The van der Waals surface area contributed by atoms with Crippen LogP contribution in [0.2, 0.25) is 0 Å². The van der Waals surface area contributed by atoms with Crippen molar-refractivity contribution in [2.45, 2.75) is 13.0 Å². The minimum absolute atomic E-state index is 0.216. The molecule has 0 radical (unpaired) electrons. The molecular weight excluding hydrogens is 216 g/mol. The van der Waals surface area contributed by atoms with Crippen LogP contribution in [0.5, 0.6) is 0 Å². The Morgan fingerprint density at radius 3 is 2.19 bits per heavy atom. The Hall–Kier alpha value is -1.79. The first-order valence-electron chi connectivity index (χ1n) is 4.58. The number of esters is 1. The van der Waals surface area contributed by atoms with E-state index in [0.717, 1.165) is 9.80 Å². The predicted molar refractivity (Wildman–Crippen MR) is 54.9 cm³/mol. The molecule has 0 rings (SSSR count). The van der Waals surface area contributed by atoms with E-state index in [1.165, 1.54) is 28.1 Å². The summed E-state index contributed by atoms with van der Waals surface area (Å²) in [6.45, 7) is 1.16. The van der Waals surface area contributed by atoms with Crippen LogP contribution >= 0.6 is 0 Å². The zero-order chi connectivity index (χ0) is 12.9. The number of rotatable bonds is 4. The van der Waals surface area contributed by atoms with Gasteiger partial charge in [-0.15, -0.1) is 0 Å². The number of carbonyl (C=O) groups excluding carboxylic acids is 2. The van der Waals surface area contributed by atoms with Crippen molar-refractivity contribution in [3.8, 4) is 0 Å². The van der Waals surface area contributed by atoms with E-state index in [1.807, 2.05) is 0 Å². The summed E-state index contributed by atoms with van der Waals surface area (Å²) in [5.74, 6) is -1.67. The minimum atomic E-state index is -1.11. The molecule has 0 aromatic rings. The summed E-state index contributed by atoms with van der Waals surface area (Å²) in [4.78, 5) is 35.3. The van der Waals surface area contributed by atoms with Crippen LogP contribution in [0.3, 0.4) is 0 Å². The number of aliphatic carboxylic acids is 1. The van der Waals surface area contributed by atoms with Crippen LogP contribution in [0.4, 0.5) is 4.79 Å². The van der Waals surface area contributed by atoms with Crippen LogP contribution in [0.1, 0.15) is 6.92 Å². The minimum Gasteiger partial charge on any atom is -0.480 e. The van der Waals surface area contributed by atoms with Crippen molar-refractivity contribution < 1.29 is 24.2 Å². The number of ether oxygens (including phenoxy) is 1. The highest BCUT2D eigenvalue weighted by atomic mass is 16.5. The lowest BCUT2D eigenvalue weighted by Gasteiger charge is -2.26. The first-order chi connectivity index (χ1) is 7.31. The fourth-order valence-electron chi connectivity index (χ4n) is 0.926. The summed E-state index contributed by atoms with van der Waals surface area (Å²) in [5, 5.41) is 8.71. The molecule has 0 aromatic carbocycles. The third-order valence-electron chi connectivity index (χ3n) is 2.16. The lowest BCUT2D eigenvalue weighted by Crippen LogP contribution is -2.47. The summed E-state index contributed by atoms with van der Waals surface area (Å²) in [7, 11) is 3.96. The Labute approximate surface area is 93.6 Å². The van der Waals surface area contributed by atoms with Gasteiger partial charge in [0.25, 0.3) is 0 Å². The van der Waals surface area contributed by atoms with Crippen molar-refractivity contribution in [3.63, 3.8) is 0 Å². The maximum Gasteiger partial charge on any atom is 0.326 e. The molecule has 16 heavy (non-hydrogen) atoms. The molecular formula is C9H16N2O5. The molecule has 0 aliphatic heterocycles. The van der Waals surface area contributed by atoms with Crippen LogP contribution < -0.4 is 0 Å². The summed E-state index contributed by atoms with van der Waals surface area (Å²) >= 11 is 0. The van der Waals surface area contributed by atoms with E-state index in [0.29, 0.717) is 0 Å². The van der Waals surface area contributed by atoms with Gasteiger partial charge in [0.15, 0.2) is 0 Å². The molecule has 0 aliphatic carbocycles. The Morgan fingerprint density at radius 2 is 1.81 bits per heavy atom. The van der Waals surface area contributed by atoms with Crippen molar-refractivity contribution in [2.24, 2.45) is 0 Å². The lowest BCUT2D eigenvalue weighted by molar-refractivity contribution is -0.141. The van der Waals surface area contributed by atoms with Crippen LogP contribution in [-0.2, 0) is 14.3 Å². The monoisotopic (exact) mass is 232 g/mol. The maximum absolute atomic E-state index is 11.6. The van der Waals surface area contributed by atoms with Gasteiger partial charge in [0.1, 0.15) is 12.6 Å². The molecule has 0 saturated carbocycles. The van der Waals surface area contributed by atoms with Gasteiger partial charge in [-0.05, 0) is 6.92 Å². The van der Waals surface area contributed by atoms with Gasteiger partial charge >= 0.3 is 18.0 Å². The van der Waals surface area contributed by atoms with Gasteiger partial charge in [-0.2, -0.15) is 0 Å². The van der Waals surface area contributed by atoms with E-state index in [1.54, 1.807) is 0 Å². The van der Waals surface area contributed by atoms with E-state index < -0.39 is 24.0 Å². The second-order valence-corrected chi connectivity index (χ2v) is 3.34. The Bertz CT molecular complexity index is 292. The Kier molecular flexibility index (Phi) is 5.27. The Morgan fingerprint density at radius 1 is 1.31 bits per heavy atom. The van der Waals surface area contributed by atoms with Crippen molar-refractivity contribution in [2.75, 3.05) is 27.7 Å². The predicted octanol–water partition coefficient (Wildman–Crippen LogP) is -0.384. The van der Waals surface area contributed by atoms with Gasteiger partial charge in [0, 0.05) is 14.1 Å². The molecule has 7 heteroatoms. The number of carboxylic acids is 1. The molecule has 0 aromatic heterocycles. The highest BCUT2D eigenvalue weighted by Gasteiger charge is 2.25. The number of hydrogen-bond acceptors (Lipinski definition) is 4. The van der Waals surface area contributed by atoms with Gasteiger partial charge in [-0.1, -0.05) is 0 Å². The van der Waals surface area contributed by atoms with Gasteiger partial charge in [0.2, 0.25) is 0 Å². The third kappa shape index (κ3) is 3.76. The van der Waals surface area contributed by atoms with Crippen molar-refractivity contribution in [1.29, 1.82) is 0 Å². The number of likely N-dealkylation sites (N-methyl/N-ethyl adjacent to an activating group) is 2. The molecule has 7 nitrogen and oxygen atoms in total. The standard InChI is InChI=1S/C9H16N2O5/c1-6(8(13)14)11(3)9(15)10(2)5-7(12)16-4/h6H,5H2,1-4H3,(H,13,14). The molecule has 1 N–H and O–H groups in total. The number of carbonyl (C=O) groups is 3. The fraction of sp³-hybridized carbons (Fsp3) is 0.667. The first-order valence-corrected chi connectivity index (χ1v) is 4.58. The number of carboxylic acid groups (broad SMARTS) is 1. The first kappa shape index (κ1) is 14.2. The van der Waals surface area contributed by atoms with Crippen molar-refractivity contribution >= 4 is 18.0 Å². The van der Waals surface area contributed by atoms with E-state index in [4.69, 9.17) is 5.11 Å². The molecule has 1 atom stereocenters. The molecule has 1 unspecified atom stereocenters. The van der Waals surface area contributed by atoms with Crippen LogP contribution in [0.25, 0.3) is 0 Å². The summed E-state index contributed by atoms with van der Waals surface area (Å²) in [6, 6.07) is -1.51. The zero-order valence-electron chi connectivity index (χ0n) is 9.76. The number of amides is 2. The average molecular weight is 232 g/mol. The molecule has 0 aliphatic rings. The van der Waals surface area contributed by atoms with E-state index in [9.17, 15) is 14.4 Å². The normalized spacial score (nSPS) is 11.5. The molecule has 0 bridgehead atoms. The second-order valence-electron chi connectivity index (χ2n) is 3.34. The molecule has 0 fully saturated rings. The highest BCUT2D eigenvalue weighted by Crippen LogP contribution is 2.01. The quantitative estimate of drug-likeness (QED) is 0.667. The number of hydrogen-bond donors (Lipinski definition) is 1. The smallest absolute Gasteiger partial charge is 0.326 e. The molecule has 0 saturated heterocycles. The molecule has 92 valence electrons. The largest absolute Gasteiger partial charge is 0.480 e. The SMILES string of the molecule is COC(=O)CN(C)C(=O)N(C)C(C)C(=O)O. The van der Waals surface area contributed by atoms with Gasteiger partial charge in [-0.25, -0.2) is 9.59 Å². The Balaban J connectivity index is 4.43. The van der Waals surface area contributed by atoms with E-state index in [-0.39, 0.29) is 6.54 Å². The van der Waals surface area contributed by atoms with Crippen LogP contribution in [0, 0.1) is 0 Å². The van der Waals surface area contributed by atoms with Gasteiger partial charge < -0.3 is 19.6 Å². The van der Waals surface area contributed by atoms with Gasteiger partial charge in [0.05, 0.1) is 7.11 Å². The van der Waals surface area contributed by atoms with E-state index >= 15 is 0 Å². The zero-order valence-corrected chi connectivity index (χ0v) is 9.76. The maximum atomic E-state index is 11.6. The molecule has 0 spiro atoms. The second kappa shape index (κ2) is 5.94. The molecule has 2 amide bonds. The fourth-order valence-corrected chi connectivity index (χ4v) is 0.926. The number of methoxy groups -OCH3 is 1. The highest BCUT2D eigenvalue weighted by molar-refractivity contribution is 5.84. The lowest BCUT2D eigenvalue weighted by atomic mass is 10.3. The van der Waals surface area contributed by atoms with Crippen molar-refractivity contribution in [3.05, 3.63) is 0 Å². The summed E-state index contributed by atoms with van der Waals surface area (Å²) in [5.41, 5.74) is 0. The van der Waals surface area contributed by atoms with Gasteiger partial charge in [-0.3, -0.25) is 4.79 Å². The topological polar surface area (TPSA) is 87.2 Å². The average Bonchev–Trinajstić information content (AvgIpc) is 2.25. The molecule has 0 heterocycles. The van der Waals surface area contributed by atoms with E-state index in [2.05, 4.69) is 4.74 Å². The summed E-state index contributed by atoms with van der Waals surface area (Å²) in [6.07, 6.45) is 0. The number of urea groups is 1. The summed E-state index contributed by atoms with van der Waals surface area (Å²) < 4.78 is 4.39.